The zero-order valence-electron chi connectivity index (χ0n) is 14.4. The molecule has 0 spiro atoms. The number of para-hydroxylation sites is 1. The van der Waals surface area contributed by atoms with Gasteiger partial charge in [-0.2, -0.15) is 0 Å². The molecule has 26 heavy (non-hydrogen) atoms. The van der Waals surface area contributed by atoms with Crippen LogP contribution in [-0.4, -0.2) is 27.9 Å². The SMILES string of the molecule is CCN(C(=O)Cn1cnc2sc(C(N)=O)c(C)c2c1=O)c1ccccc1. The first kappa shape index (κ1) is 17.8. The fourth-order valence-electron chi connectivity index (χ4n) is 2.85. The summed E-state index contributed by atoms with van der Waals surface area (Å²) in [5, 5.41) is 0.335. The van der Waals surface area contributed by atoms with Crippen LogP contribution in [0.1, 0.15) is 22.2 Å². The van der Waals surface area contributed by atoms with Crippen molar-refractivity contribution in [2.45, 2.75) is 20.4 Å². The number of carbonyl (C=O) groups is 2. The van der Waals surface area contributed by atoms with Crippen molar-refractivity contribution in [3.05, 3.63) is 57.5 Å². The van der Waals surface area contributed by atoms with E-state index in [1.807, 2.05) is 37.3 Å². The Labute approximate surface area is 153 Å². The molecule has 2 N–H and O–H groups in total. The average molecular weight is 370 g/mol. The maximum Gasteiger partial charge on any atom is 0.262 e. The van der Waals surface area contributed by atoms with E-state index in [4.69, 9.17) is 5.73 Å². The molecule has 2 aromatic heterocycles. The molecule has 0 radical (unpaired) electrons. The quantitative estimate of drug-likeness (QED) is 0.742. The topological polar surface area (TPSA) is 98.3 Å². The number of nitrogens with zero attached hydrogens (tertiary/aromatic N) is 3. The van der Waals surface area contributed by atoms with E-state index >= 15 is 0 Å². The molecule has 0 saturated carbocycles. The number of aryl methyl sites for hydroxylation is 1. The molecule has 0 aliphatic carbocycles. The van der Waals surface area contributed by atoms with Crippen molar-refractivity contribution in [1.82, 2.24) is 9.55 Å². The van der Waals surface area contributed by atoms with Crippen LogP contribution in [0.4, 0.5) is 5.69 Å². The number of thiophene rings is 1. The van der Waals surface area contributed by atoms with Crippen LogP contribution in [0.3, 0.4) is 0 Å². The summed E-state index contributed by atoms with van der Waals surface area (Å²) in [5.74, 6) is -0.807. The molecule has 0 unspecified atom stereocenters. The number of nitrogens with two attached hydrogens (primary N) is 1. The molecular formula is C18H18N4O3S. The highest BCUT2D eigenvalue weighted by atomic mass is 32.1. The van der Waals surface area contributed by atoms with Gasteiger partial charge in [0.05, 0.1) is 16.6 Å². The maximum absolute atomic E-state index is 12.8. The first-order valence-electron chi connectivity index (χ1n) is 8.07. The minimum absolute atomic E-state index is 0.133. The Hall–Kier alpha value is -3.00. The highest BCUT2D eigenvalue weighted by Gasteiger charge is 2.20. The van der Waals surface area contributed by atoms with Crippen molar-refractivity contribution in [3.8, 4) is 0 Å². The Balaban J connectivity index is 1.97. The van der Waals surface area contributed by atoms with Crippen LogP contribution in [0.2, 0.25) is 0 Å². The number of primary amides is 1. The molecule has 0 saturated heterocycles. The average Bonchev–Trinajstić information content (AvgIpc) is 2.97. The lowest BCUT2D eigenvalue weighted by atomic mass is 10.2. The molecule has 2 amide bonds. The number of carbonyl (C=O) groups excluding carboxylic acids is 2. The lowest BCUT2D eigenvalue weighted by molar-refractivity contribution is -0.119. The smallest absolute Gasteiger partial charge is 0.262 e. The number of likely N-dealkylation sites (N-methyl/N-ethyl adjacent to an activating group) is 1. The number of aromatic nitrogens is 2. The van der Waals surface area contributed by atoms with E-state index in [2.05, 4.69) is 4.98 Å². The minimum Gasteiger partial charge on any atom is -0.365 e. The third kappa shape index (κ3) is 3.11. The highest BCUT2D eigenvalue weighted by Crippen LogP contribution is 2.26. The van der Waals surface area contributed by atoms with Gasteiger partial charge >= 0.3 is 0 Å². The maximum atomic E-state index is 12.8. The Kier molecular flexibility index (Phi) is 4.85. The van der Waals surface area contributed by atoms with E-state index in [1.54, 1.807) is 11.8 Å². The van der Waals surface area contributed by atoms with Gasteiger partial charge in [-0.25, -0.2) is 4.98 Å². The van der Waals surface area contributed by atoms with Gasteiger partial charge in [0.15, 0.2) is 0 Å². The number of hydrogen-bond acceptors (Lipinski definition) is 5. The fraction of sp³-hybridized carbons (Fsp3) is 0.222. The molecule has 3 aromatic rings. The molecule has 7 nitrogen and oxygen atoms in total. The normalized spacial score (nSPS) is 10.8. The van der Waals surface area contributed by atoms with Gasteiger partial charge in [0, 0.05) is 12.2 Å². The molecule has 1 aromatic carbocycles. The summed E-state index contributed by atoms with van der Waals surface area (Å²) in [5.41, 5.74) is 6.27. The summed E-state index contributed by atoms with van der Waals surface area (Å²) in [7, 11) is 0. The van der Waals surface area contributed by atoms with Crippen LogP contribution in [0.25, 0.3) is 10.2 Å². The van der Waals surface area contributed by atoms with Crippen molar-refractivity contribution in [2.24, 2.45) is 5.73 Å². The molecule has 0 aliphatic rings. The summed E-state index contributed by atoms with van der Waals surface area (Å²) < 4.78 is 1.26. The Morgan fingerprint density at radius 1 is 1.27 bits per heavy atom. The largest absolute Gasteiger partial charge is 0.365 e. The fourth-order valence-corrected chi connectivity index (χ4v) is 3.84. The van der Waals surface area contributed by atoms with Crippen LogP contribution in [0.5, 0.6) is 0 Å². The highest BCUT2D eigenvalue weighted by molar-refractivity contribution is 7.20. The molecule has 8 heteroatoms. The van der Waals surface area contributed by atoms with Crippen molar-refractivity contribution < 1.29 is 9.59 Å². The van der Waals surface area contributed by atoms with Gasteiger partial charge in [0.25, 0.3) is 11.5 Å². The Bertz CT molecular complexity index is 1040. The molecular weight excluding hydrogens is 352 g/mol. The predicted octanol–water partition coefficient (Wildman–Crippen LogP) is 1.92. The van der Waals surface area contributed by atoms with Crippen LogP contribution < -0.4 is 16.2 Å². The second kappa shape index (κ2) is 7.09. The second-order valence-corrected chi connectivity index (χ2v) is 6.75. The van der Waals surface area contributed by atoms with Crippen LogP contribution in [-0.2, 0) is 11.3 Å². The van der Waals surface area contributed by atoms with Crippen LogP contribution in [0, 0.1) is 6.92 Å². The molecule has 134 valence electrons. The van der Waals surface area contributed by atoms with Gasteiger partial charge in [-0.3, -0.25) is 19.0 Å². The number of fused-ring (bicyclic) bond motifs is 1. The summed E-state index contributed by atoms with van der Waals surface area (Å²) in [6, 6.07) is 9.26. The lowest BCUT2D eigenvalue weighted by Gasteiger charge is -2.21. The summed E-state index contributed by atoms with van der Waals surface area (Å²) in [4.78, 5) is 43.5. The monoisotopic (exact) mass is 370 g/mol. The van der Waals surface area contributed by atoms with Gasteiger partial charge in [-0.05, 0) is 31.5 Å². The van der Waals surface area contributed by atoms with Crippen LogP contribution >= 0.6 is 11.3 Å². The molecule has 0 fully saturated rings. The number of benzene rings is 1. The summed E-state index contributed by atoms with van der Waals surface area (Å²) >= 11 is 1.09. The summed E-state index contributed by atoms with van der Waals surface area (Å²) in [6.45, 7) is 3.88. The zero-order valence-corrected chi connectivity index (χ0v) is 15.2. The number of hydrogen-bond donors (Lipinski definition) is 1. The van der Waals surface area contributed by atoms with Gasteiger partial charge < -0.3 is 10.6 Å². The van der Waals surface area contributed by atoms with Crippen LogP contribution in [0.15, 0.2) is 41.5 Å². The van der Waals surface area contributed by atoms with Gasteiger partial charge in [-0.1, -0.05) is 18.2 Å². The summed E-state index contributed by atoms with van der Waals surface area (Å²) in [6.07, 6.45) is 1.34. The van der Waals surface area contributed by atoms with Crippen molar-refractivity contribution in [2.75, 3.05) is 11.4 Å². The van der Waals surface area contributed by atoms with E-state index in [1.165, 1.54) is 10.9 Å². The minimum atomic E-state index is -0.589. The van der Waals surface area contributed by atoms with E-state index in [0.29, 0.717) is 27.2 Å². The predicted molar refractivity (Wildman–Crippen MR) is 102 cm³/mol. The Morgan fingerprint density at radius 3 is 2.58 bits per heavy atom. The van der Waals surface area contributed by atoms with Crippen molar-refractivity contribution in [1.29, 1.82) is 0 Å². The Morgan fingerprint density at radius 2 is 1.96 bits per heavy atom. The van der Waals surface area contributed by atoms with E-state index in [0.717, 1.165) is 17.0 Å². The molecule has 2 heterocycles. The van der Waals surface area contributed by atoms with Crippen molar-refractivity contribution >= 4 is 39.1 Å². The van der Waals surface area contributed by atoms with Gasteiger partial charge in [0.2, 0.25) is 5.91 Å². The van der Waals surface area contributed by atoms with Gasteiger partial charge in [-0.15, -0.1) is 11.3 Å². The zero-order chi connectivity index (χ0) is 18.8. The van der Waals surface area contributed by atoms with E-state index < -0.39 is 5.91 Å². The van der Waals surface area contributed by atoms with E-state index in [9.17, 15) is 14.4 Å². The number of amides is 2. The third-order valence-corrected chi connectivity index (χ3v) is 5.35. The lowest BCUT2D eigenvalue weighted by Crippen LogP contribution is -2.36. The third-order valence-electron chi connectivity index (χ3n) is 4.13. The molecule has 3 rings (SSSR count). The number of anilines is 1. The molecule has 0 atom stereocenters. The van der Waals surface area contributed by atoms with E-state index in [-0.39, 0.29) is 18.0 Å². The standard InChI is InChI=1S/C18H18N4O3S/c1-3-22(12-7-5-4-6-8-12)13(23)9-21-10-20-17-14(18(21)25)11(2)15(26-17)16(19)24/h4-8,10H,3,9H2,1-2H3,(H2,19,24). The molecule has 0 bridgehead atoms. The number of rotatable bonds is 5. The molecule has 0 aliphatic heterocycles. The first-order chi connectivity index (χ1) is 12.4. The van der Waals surface area contributed by atoms with Gasteiger partial charge in [0.1, 0.15) is 11.4 Å². The first-order valence-corrected chi connectivity index (χ1v) is 8.89. The second-order valence-electron chi connectivity index (χ2n) is 5.75. The van der Waals surface area contributed by atoms with Crippen molar-refractivity contribution in [3.63, 3.8) is 0 Å².